The maximum Gasteiger partial charge on any atom is 0.253 e. The highest BCUT2D eigenvalue weighted by Crippen LogP contribution is 2.23. The Morgan fingerprint density at radius 2 is 2.10 bits per heavy atom. The van der Waals surface area contributed by atoms with Gasteiger partial charge in [-0.2, -0.15) is 0 Å². The number of unbranched alkanes of at least 4 members (excludes halogenated alkanes) is 2. The molecule has 0 saturated carbocycles. The van der Waals surface area contributed by atoms with Gasteiger partial charge in [0, 0.05) is 30.1 Å². The highest BCUT2D eigenvalue weighted by atomic mass is 16.2. The first-order valence-electron chi connectivity index (χ1n) is 7.66. The second-order valence-electron chi connectivity index (χ2n) is 5.58. The largest absolute Gasteiger partial charge is 0.338 e. The number of likely N-dealkylation sites (tertiary alicyclic amines) is 1. The summed E-state index contributed by atoms with van der Waals surface area (Å²) < 4.78 is 0. The minimum absolute atomic E-state index is 0.154. The van der Waals surface area contributed by atoms with E-state index in [0.717, 1.165) is 50.8 Å². The van der Waals surface area contributed by atoms with Gasteiger partial charge in [-0.3, -0.25) is 4.79 Å². The van der Waals surface area contributed by atoms with Gasteiger partial charge in [-0.1, -0.05) is 36.2 Å². The molecular weight excluding hydrogens is 264 g/mol. The molecule has 1 saturated heterocycles. The van der Waals surface area contributed by atoms with Crippen molar-refractivity contribution in [1.82, 2.24) is 4.90 Å². The third-order valence-corrected chi connectivity index (χ3v) is 4.03. The smallest absolute Gasteiger partial charge is 0.253 e. The third-order valence-electron chi connectivity index (χ3n) is 4.03. The first-order chi connectivity index (χ1) is 10.3. The Hall–Kier alpha value is -2.00. The highest BCUT2D eigenvalue weighted by Gasteiger charge is 2.26. The normalized spacial score (nSPS) is 17.5. The lowest BCUT2D eigenvalue weighted by Gasteiger charge is -2.16. The van der Waals surface area contributed by atoms with Gasteiger partial charge in [0.05, 0.1) is 0 Å². The Morgan fingerprint density at radius 1 is 1.29 bits per heavy atom. The predicted octanol–water partition coefficient (Wildman–Crippen LogP) is 4.02. The van der Waals surface area contributed by atoms with Crippen molar-refractivity contribution in [3.63, 3.8) is 0 Å². The molecule has 0 spiro atoms. The number of carbonyl (C=O) groups excluding carboxylic acids is 1. The van der Waals surface area contributed by atoms with Crippen LogP contribution in [0.2, 0.25) is 0 Å². The fraction of sp³-hybridized carbons (Fsp3) is 0.562. The second-order valence-corrected chi connectivity index (χ2v) is 5.58. The van der Waals surface area contributed by atoms with E-state index in [2.05, 4.69) is 10.0 Å². The van der Waals surface area contributed by atoms with E-state index in [1.807, 2.05) is 35.2 Å². The minimum Gasteiger partial charge on any atom is -0.338 e. The van der Waals surface area contributed by atoms with Crippen LogP contribution in [-0.2, 0) is 0 Å². The first kappa shape index (κ1) is 15.4. The molecule has 1 aromatic rings. The van der Waals surface area contributed by atoms with Gasteiger partial charge >= 0.3 is 0 Å². The zero-order valence-electron chi connectivity index (χ0n) is 12.3. The lowest BCUT2D eigenvalue weighted by molar-refractivity contribution is 0.0786. The van der Waals surface area contributed by atoms with Gasteiger partial charge in [-0.15, -0.1) is 0 Å². The molecule has 21 heavy (non-hydrogen) atoms. The van der Waals surface area contributed by atoms with Crippen molar-refractivity contribution in [2.45, 2.75) is 32.1 Å². The van der Waals surface area contributed by atoms with Crippen LogP contribution in [0, 0.1) is 5.92 Å². The molecule has 1 aromatic carbocycles. The zero-order valence-corrected chi connectivity index (χ0v) is 12.3. The number of benzene rings is 1. The van der Waals surface area contributed by atoms with Crippen LogP contribution in [0.4, 0.5) is 0 Å². The fourth-order valence-corrected chi connectivity index (χ4v) is 2.85. The highest BCUT2D eigenvalue weighted by molar-refractivity contribution is 5.94. The number of nitrogens with zero attached hydrogens (tertiary/aromatic N) is 4. The third kappa shape index (κ3) is 4.80. The van der Waals surface area contributed by atoms with E-state index in [-0.39, 0.29) is 5.91 Å². The number of hydrogen-bond donors (Lipinski definition) is 0. The van der Waals surface area contributed by atoms with Crippen molar-refractivity contribution in [3.8, 4) is 0 Å². The summed E-state index contributed by atoms with van der Waals surface area (Å²) in [6.45, 7) is 2.35. The predicted molar refractivity (Wildman–Crippen MR) is 82.9 cm³/mol. The maximum atomic E-state index is 12.3. The average Bonchev–Trinajstić information content (AvgIpc) is 3.00. The summed E-state index contributed by atoms with van der Waals surface area (Å²) in [4.78, 5) is 17.0. The van der Waals surface area contributed by atoms with Gasteiger partial charge in [-0.25, -0.2) is 0 Å². The summed E-state index contributed by atoms with van der Waals surface area (Å²) in [6.07, 6.45) is 5.48. The van der Waals surface area contributed by atoms with Gasteiger partial charge < -0.3 is 4.90 Å². The van der Waals surface area contributed by atoms with Crippen molar-refractivity contribution >= 4 is 5.91 Å². The Labute approximate surface area is 125 Å². The van der Waals surface area contributed by atoms with E-state index < -0.39 is 0 Å². The van der Waals surface area contributed by atoms with Crippen LogP contribution in [0.5, 0.6) is 0 Å². The van der Waals surface area contributed by atoms with Gasteiger partial charge in [0.25, 0.3) is 5.91 Å². The molecule has 1 unspecified atom stereocenters. The number of hydrogen-bond acceptors (Lipinski definition) is 2. The molecular formula is C16H22N4O. The molecule has 0 N–H and O–H groups in total. The van der Waals surface area contributed by atoms with Crippen LogP contribution >= 0.6 is 0 Å². The topological polar surface area (TPSA) is 69.1 Å². The average molecular weight is 286 g/mol. The van der Waals surface area contributed by atoms with E-state index in [4.69, 9.17) is 5.53 Å². The Morgan fingerprint density at radius 3 is 2.86 bits per heavy atom. The molecule has 2 rings (SSSR count). The van der Waals surface area contributed by atoms with Crippen molar-refractivity contribution in [3.05, 3.63) is 46.3 Å². The first-order valence-corrected chi connectivity index (χ1v) is 7.66. The second kappa shape index (κ2) is 8.32. The quantitative estimate of drug-likeness (QED) is 0.323. The van der Waals surface area contributed by atoms with Gasteiger partial charge in [-0.05, 0) is 42.8 Å². The molecule has 112 valence electrons. The maximum absolute atomic E-state index is 12.3. The molecule has 0 aromatic heterocycles. The van der Waals surface area contributed by atoms with E-state index >= 15 is 0 Å². The number of rotatable bonds is 7. The molecule has 1 aliphatic heterocycles. The van der Waals surface area contributed by atoms with Gasteiger partial charge in [0.2, 0.25) is 0 Å². The van der Waals surface area contributed by atoms with Gasteiger partial charge in [0.15, 0.2) is 0 Å². The zero-order chi connectivity index (χ0) is 14.9. The summed E-state index contributed by atoms with van der Waals surface area (Å²) in [5.41, 5.74) is 8.98. The summed E-state index contributed by atoms with van der Waals surface area (Å²) in [6, 6.07) is 9.51. The van der Waals surface area contributed by atoms with Crippen molar-refractivity contribution in [2.24, 2.45) is 11.0 Å². The van der Waals surface area contributed by atoms with E-state index in [1.54, 1.807) is 0 Å². The fourth-order valence-electron chi connectivity index (χ4n) is 2.85. The van der Waals surface area contributed by atoms with Crippen molar-refractivity contribution < 1.29 is 4.79 Å². The van der Waals surface area contributed by atoms with Crippen LogP contribution in [0.15, 0.2) is 35.4 Å². The van der Waals surface area contributed by atoms with E-state index in [1.165, 1.54) is 0 Å². The summed E-state index contributed by atoms with van der Waals surface area (Å²) in [5, 5.41) is 3.54. The molecule has 1 atom stereocenters. The monoisotopic (exact) mass is 286 g/mol. The Bertz CT molecular complexity index is 496. The summed E-state index contributed by atoms with van der Waals surface area (Å²) in [7, 11) is 0. The molecule has 0 aliphatic carbocycles. The molecule has 1 amide bonds. The van der Waals surface area contributed by atoms with Crippen LogP contribution in [-0.4, -0.2) is 30.4 Å². The molecule has 0 bridgehead atoms. The van der Waals surface area contributed by atoms with E-state index in [9.17, 15) is 4.79 Å². The van der Waals surface area contributed by atoms with Gasteiger partial charge in [0.1, 0.15) is 0 Å². The Kier molecular flexibility index (Phi) is 6.10. The molecule has 1 fully saturated rings. The molecule has 1 aliphatic rings. The summed E-state index contributed by atoms with van der Waals surface area (Å²) in [5.74, 6) is 0.776. The van der Waals surface area contributed by atoms with Crippen LogP contribution in [0.1, 0.15) is 42.5 Å². The molecule has 1 heterocycles. The van der Waals surface area contributed by atoms with Crippen LogP contribution in [0.3, 0.4) is 0 Å². The number of amides is 1. The number of carbonyl (C=O) groups is 1. The van der Waals surface area contributed by atoms with Crippen LogP contribution in [0.25, 0.3) is 10.4 Å². The van der Waals surface area contributed by atoms with Crippen LogP contribution < -0.4 is 0 Å². The molecule has 5 heteroatoms. The minimum atomic E-state index is 0.154. The lowest BCUT2D eigenvalue weighted by Crippen LogP contribution is -2.28. The molecule has 0 radical (unpaired) electrons. The van der Waals surface area contributed by atoms with Crippen molar-refractivity contribution in [2.75, 3.05) is 19.6 Å². The summed E-state index contributed by atoms with van der Waals surface area (Å²) >= 11 is 0. The SMILES string of the molecule is [N-]=[N+]=NCCCCCC1CCN(C(=O)c2ccccc2)C1. The molecule has 5 nitrogen and oxygen atoms in total. The van der Waals surface area contributed by atoms with Crippen molar-refractivity contribution in [1.29, 1.82) is 0 Å². The standard InChI is InChI=1S/C16H22N4O/c17-19-18-11-6-2-3-7-14-10-12-20(13-14)16(21)15-8-4-1-5-9-15/h1,4-5,8-9,14H,2-3,6-7,10-13H2. The number of azide groups is 1. The lowest BCUT2D eigenvalue weighted by atomic mass is 10.0. The Balaban J connectivity index is 1.69. The van der Waals surface area contributed by atoms with E-state index in [0.29, 0.717) is 12.5 Å².